The number of hydrogen-bond acceptors (Lipinski definition) is 4. The van der Waals surface area contributed by atoms with E-state index < -0.39 is 11.4 Å². The van der Waals surface area contributed by atoms with Crippen molar-refractivity contribution < 1.29 is 18.7 Å². The number of hydrogen-bond donors (Lipinski definition) is 1. The largest absolute Gasteiger partial charge is 0.475 e. The molecule has 5 nitrogen and oxygen atoms in total. The summed E-state index contributed by atoms with van der Waals surface area (Å²) >= 11 is 0. The van der Waals surface area contributed by atoms with E-state index in [-0.39, 0.29) is 11.7 Å². The van der Waals surface area contributed by atoms with Gasteiger partial charge in [0.15, 0.2) is 5.76 Å². The van der Waals surface area contributed by atoms with Gasteiger partial charge in [-0.3, -0.25) is 0 Å². The SMILES string of the molecule is Cc1ccoc1-c1nc(C(C)(C)C)c(C(=O)O)o1. The van der Waals surface area contributed by atoms with Crippen LogP contribution in [0.4, 0.5) is 0 Å². The van der Waals surface area contributed by atoms with Crippen molar-refractivity contribution in [1.82, 2.24) is 4.98 Å². The van der Waals surface area contributed by atoms with Crippen molar-refractivity contribution in [3.05, 3.63) is 29.3 Å². The van der Waals surface area contributed by atoms with Gasteiger partial charge in [0.05, 0.1) is 6.26 Å². The minimum atomic E-state index is -1.12. The standard InChI is InChI=1S/C13H15NO4/c1-7-5-6-17-8(7)11-14-10(13(2,3)4)9(18-11)12(15)16/h5-6H,1-4H3,(H,15,16). The number of furan rings is 1. The van der Waals surface area contributed by atoms with Crippen LogP contribution in [-0.2, 0) is 5.41 Å². The molecule has 0 aliphatic rings. The van der Waals surface area contributed by atoms with E-state index in [0.717, 1.165) is 5.56 Å². The lowest BCUT2D eigenvalue weighted by molar-refractivity contribution is 0.0659. The average Bonchev–Trinajstić information content (AvgIpc) is 2.81. The zero-order chi connectivity index (χ0) is 13.5. The van der Waals surface area contributed by atoms with E-state index in [0.29, 0.717) is 11.5 Å². The van der Waals surface area contributed by atoms with Crippen LogP contribution in [0.5, 0.6) is 0 Å². The molecule has 0 spiro atoms. The van der Waals surface area contributed by atoms with Crippen LogP contribution in [0.25, 0.3) is 11.7 Å². The van der Waals surface area contributed by atoms with Crippen molar-refractivity contribution in [3.8, 4) is 11.7 Å². The van der Waals surface area contributed by atoms with E-state index in [9.17, 15) is 4.79 Å². The molecule has 0 atom stereocenters. The Hall–Kier alpha value is -2.04. The molecule has 0 bridgehead atoms. The molecule has 0 fully saturated rings. The molecule has 0 amide bonds. The number of nitrogens with zero attached hydrogens (tertiary/aromatic N) is 1. The van der Waals surface area contributed by atoms with Gasteiger partial charge in [0.2, 0.25) is 5.76 Å². The lowest BCUT2D eigenvalue weighted by atomic mass is 9.91. The topological polar surface area (TPSA) is 76.5 Å². The number of aromatic nitrogens is 1. The predicted molar refractivity (Wildman–Crippen MR) is 64.6 cm³/mol. The summed E-state index contributed by atoms with van der Waals surface area (Å²) in [4.78, 5) is 15.4. The molecule has 96 valence electrons. The Morgan fingerprint density at radius 3 is 2.44 bits per heavy atom. The first-order valence-corrected chi connectivity index (χ1v) is 5.60. The van der Waals surface area contributed by atoms with Crippen LogP contribution in [0.15, 0.2) is 21.2 Å². The number of carboxylic acid groups (broad SMARTS) is 1. The van der Waals surface area contributed by atoms with Crippen LogP contribution < -0.4 is 0 Å². The summed E-state index contributed by atoms with van der Waals surface area (Å²) in [5, 5.41) is 9.14. The predicted octanol–water partition coefficient (Wildman–Crippen LogP) is 3.24. The molecule has 0 radical (unpaired) electrons. The van der Waals surface area contributed by atoms with Gasteiger partial charge in [-0.2, -0.15) is 0 Å². The highest BCUT2D eigenvalue weighted by atomic mass is 16.4. The van der Waals surface area contributed by atoms with Crippen molar-refractivity contribution >= 4 is 5.97 Å². The maximum Gasteiger partial charge on any atom is 0.373 e. The van der Waals surface area contributed by atoms with Crippen LogP contribution in [-0.4, -0.2) is 16.1 Å². The fourth-order valence-corrected chi connectivity index (χ4v) is 1.66. The summed E-state index contributed by atoms with van der Waals surface area (Å²) in [6.45, 7) is 7.50. The molecule has 0 aromatic carbocycles. The molecule has 0 aliphatic heterocycles. The molecule has 2 heterocycles. The van der Waals surface area contributed by atoms with Crippen molar-refractivity contribution in [1.29, 1.82) is 0 Å². The lowest BCUT2D eigenvalue weighted by Gasteiger charge is -2.14. The molecular formula is C13H15NO4. The highest BCUT2D eigenvalue weighted by molar-refractivity contribution is 5.86. The lowest BCUT2D eigenvalue weighted by Crippen LogP contribution is -2.16. The third-order valence-corrected chi connectivity index (χ3v) is 2.59. The van der Waals surface area contributed by atoms with Crippen LogP contribution in [0, 0.1) is 6.92 Å². The summed E-state index contributed by atoms with van der Waals surface area (Å²) in [6.07, 6.45) is 1.52. The molecule has 18 heavy (non-hydrogen) atoms. The van der Waals surface area contributed by atoms with Crippen molar-refractivity contribution in [2.75, 3.05) is 0 Å². The van der Waals surface area contributed by atoms with Gasteiger partial charge < -0.3 is 13.9 Å². The van der Waals surface area contributed by atoms with E-state index in [1.807, 2.05) is 27.7 Å². The fourth-order valence-electron chi connectivity index (χ4n) is 1.66. The summed E-state index contributed by atoms with van der Waals surface area (Å²) < 4.78 is 10.6. The zero-order valence-corrected chi connectivity index (χ0v) is 10.8. The van der Waals surface area contributed by atoms with Gasteiger partial charge in [-0.1, -0.05) is 20.8 Å². The van der Waals surface area contributed by atoms with Gasteiger partial charge in [0.25, 0.3) is 5.89 Å². The molecule has 0 aliphatic carbocycles. The van der Waals surface area contributed by atoms with E-state index in [2.05, 4.69) is 4.98 Å². The Kier molecular flexibility index (Phi) is 2.77. The number of aromatic carboxylic acids is 1. The number of aryl methyl sites for hydroxylation is 1. The molecule has 0 saturated carbocycles. The van der Waals surface area contributed by atoms with E-state index in [1.165, 1.54) is 6.26 Å². The third-order valence-electron chi connectivity index (χ3n) is 2.59. The fraction of sp³-hybridized carbons (Fsp3) is 0.385. The zero-order valence-electron chi connectivity index (χ0n) is 10.8. The molecular weight excluding hydrogens is 234 g/mol. The smallest absolute Gasteiger partial charge is 0.373 e. The van der Waals surface area contributed by atoms with Crippen molar-refractivity contribution in [3.63, 3.8) is 0 Å². The minimum Gasteiger partial charge on any atom is -0.475 e. The molecule has 2 aromatic rings. The maximum atomic E-state index is 11.2. The first kappa shape index (κ1) is 12.4. The Morgan fingerprint density at radius 1 is 1.39 bits per heavy atom. The highest BCUT2D eigenvalue weighted by Crippen LogP contribution is 2.31. The van der Waals surface area contributed by atoms with Crippen LogP contribution >= 0.6 is 0 Å². The minimum absolute atomic E-state index is 0.131. The van der Waals surface area contributed by atoms with E-state index in [1.54, 1.807) is 6.07 Å². The number of rotatable bonds is 2. The quantitative estimate of drug-likeness (QED) is 0.884. The van der Waals surface area contributed by atoms with Crippen LogP contribution in [0.1, 0.15) is 42.6 Å². The van der Waals surface area contributed by atoms with Gasteiger partial charge in [0, 0.05) is 11.0 Å². The monoisotopic (exact) mass is 249 g/mol. The Labute approximate surface area is 104 Å². The second kappa shape index (κ2) is 4.01. The van der Waals surface area contributed by atoms with Gasteiger partial charge in [-0.05, 0) is 13.0 Å². The first-order valence-electron chi connectivity index (χ1n) is 5.60. The second-order valence-electron chi connectivity index (χ2n) is 5.18. The normalized spacial score (nSPS) is 11.8. The van der Waals surface area contributed by atoms with Gasteiger partial charge in [-0.25, -0.2) is 9.78 Å². The molecule has 2 aromatic heterocycles. The molecule has 1 N–H and O–H groups in total. The number of carboxylic acids is 1. The average molecular weight is 249 g/mol. The summed E-state index contributed by atoms with van der Waals surface area (Å²) in [5.74, 6) is -0.580. The second-order valence-corrected chi connectivity index (χ2v) is 5.18. The third kappa shape index (κ3) is 2.03. The van der Waals surface area contributed by atoms with Gasteiger partial charge in [-0.15, -0.1) is 0 Å². The van der Waals surface area contributed by atoms with Crippen LogP contribution in [0.3, 0.4) is 0 Å². The number of oxazole rings is 1. The van der Waals surface area contributed by atoms with Gasteiger partial charge >= 0.3 is 5.97 Å². The molecule has 0 saturated heterocycles. The Bertz CT molecular complexity index is 586. The van der Waals surface area contributed by atoms with Gasteiger partial charge in [0.1, 0.15) is 5.69 Å². The Balaban J connectivity index is 2.60. The maximum absolute atomic E-state index is 11.2. The summed E-state index contributed by atoms with van der Waals surface area (Å²) in [7, 11) is 0. The van der Waals surface area contributed by atoms with Crippen molar-refractivity contribution in [2.45, 2.75) is 33.1 Å². The number of carbonyl (C=O) groups is 1. The molecule has 5 heteroatoms. The molecule has 2 rings (SSSR count). The summed E-state index contributed by atoms with van der Waals surface area (Å²) in [6, 6.07) is 1.77. The molecule has 0 unspecified atom stereocenters. The first-order chi connectivity index (χ1) is 8.30. The summed E-state index contributed by atoms with van der Waals surface area (Å²) in [5.41, 5.74) is 0.866. The van der Waals surface area contributed by atoms with Crippen molar-refractivity contribution in [2.24, 2.45) is 0 Å². The van der Waals surface area contributed by atoms with Crippen LogP contribution in [0.2, 0.25) is 0 Å². The highest BCUT2D eigenvalue weighted by Gasteiger charge is 2.30. The Morgan fingerprint density at radius 2 is 2.06 bits per heavy atom. The van der Waals surface area contributed by atoms with E-state index in [4.69, 9.17) is 13.9 Å². The van der Waals surface area contributed by atoms with E-state index >= 15 is 0 Å².